The zero-order chi connectivity index (χ0) is 96.6. The van der Waals surface area contributed by atoms with Gasteiger partial charge in [-0.1, -0.05) is 291 Å². The van der Waals surface area contributed by atoms with Crippen molar-refractivity contribution in [2.75, 3.05) is 0 Å². The summed E-state index contributed by atoms with van der Waals surface area (Å²) in [6, 6.07) is 182. The van der Waals surface area contributed by atoms with Crippen molar-refractivity contribution >= 4 is 196 Å². The third-order valence-electron chi connectivity index (χ3n) is 31.3. The van der Waals surface area contributed by atoms with Crippen LogP contribution in [0.15, 0.2) is 497 Å². The van der Waals surface area contributed by atoms with E-state index in [1.54, 1.807) is 0 Å². The van der Waals surface area contributed by atoms with Gasteiger partial charge in [-0.2, -0.15) is 9.97 Å². The van der Waals surface area contributed by atoms with Gasteiger partial charge in [-0.05, 0) is 262 Å². The zero-order valence-corrected chi connectivity index (χ0v) is 79.7. The second-order valence-electron chi connectivity index (χ2n) is 39.2. The largest absolute Gasteiger partial charge is 0.309 e. The lowest BCUT2D eigenvalue weighted by Gasteiger charge is -2.15. The maximum atomic E-state index is 5.96. The Bertz CT molecular complexity index is 11300. The number of para-hydroxylation sites is 12. The summed E-state index contributed by atoms with van der Waals surface area (Å²) >= 11 is 0. The van der Waals surface area contributed by atoms with Crippen molar-refractivity contribution < 1.29 is 0 Å². The maximum Gasteiger partial charge on any atom is 0.237 e. The Kier molecular flexibility index (Phi) is 17.5. The fourth-order valence-corrected chi connectivity index (χ4v) is 24.6. The van der Waals surface area contributed by atoms with E-state index in [4.69, 9.17) is 19.9 Å². The number of fused-ring (bicyclic) bond motifs is 26. The Balaban J connectivity index is 0.528. The predicted octanol–water partition coefficient (Wildman–Crippen LogP) is 34.7. The molecule has 12 heteroatoms. The quantitative estimate of drug-likeness (QED) is 0.115. The van der Waals surface area contributed by atoms with Crippen LogP contribution in [0.25, 0.3) is 298 Å². The second-order valence-corrected chi connectivity index (χ2v) is 39.2. The molecule has 0 radical (unpaired) electrons. The van der Waals surface area contributed by atoms with Crippen LogP contribution in [0.5, 0.6) is 0 Å². The van der Waals surface area contributed by atoms with Crippen LogP contribution in [0.4, 0.5) is 0 Å². The first-order chi connectivity index (χ1) is 73.4. The number of nitrogens with zero attached hydrogens (tertiary/aromatic N) is 12. The van der Waals surface area contributed by atoms with Crippen molar-refractivity contribution in [1.82, 2.24) is 56.5 Å². The summed E-state index contributed by atoms with van der Waals surface area (Å²) in [4.78, 5) is 23.0. The van der Waals surface area contributed by atoms with Gasteiger partial charge in [0, 0.05) is 120 Å². The summed E-state index contributed by atoms with van der Waals surface area (Å²) < 4.78 is 18.9. The van der Waals surface area contributed by atoms with Crippen LogP contribution < -0.4 is 0 Å². The van der Waals surface area contributed by atoms with E-state index >= 15 is 0 Å². The molecule has 0 aliphatic rings. The Morgan fingerprint density at radius 1 is 0.108 bits per heavy atom. The molecular weight excluding hydrogens is 1800 g/mol. The Labute approximate surface area is 846 Å². The van der Waals surface area contributed by atoms with Crippen LogP contribution in [0.2, 0.25) is 0 Å². The van der Waals surface area contributed by atoms with Crippen LogP contribution in [0.1, 0.15) is 0 Å². The standard InChI is InChI=1S/C136H82N12/c1-4-30-93(31-5-1)141-117-48-21-14-39-99(117)109-74-84(58-67-124(109)141)86-62-71-128-114(77-86)106-66-57-90(80-131(106)146(128)134-108-45-11-19-46-115(108)137-135(139-134)147-123-54-27-18-43-103(123)113-76-87(63-72-129(113)147)85-59-68-125-110(75-85)100-40-15-22-49-118(100)142(125)94-32-6-2-7-33-94)83-29-28-36-96(73-83)144-120-51-24-17-42-102(120)112-79-88(61-70-127(112)144)91-55-64-104-97-37-12-25-52-121(97)145(130(104)81-91)133-107-44-10-20-47-116(107)138-136(140-133)148-122-53-26-13-38-98(122)105-65-56-92(82-132(105)148)89-60-69-126-111(78-89)101-41-16-23-50-119(101)143(126)95-34-8-3-9-35-95/h1-82H. The minimum absolute atomic E-state index is 0.577. The Morgan fingerprint density at radius 3 is 0.642 bits per heavy atom. The molecule has 0 unspecified atom stereocenters. The normalized spacial score (nSPS) is 12.2. The Morgan fingerprint density at radius 2 is 0.311 bits per heavy atom. The van der Waals surface area contributed by atoms with Crippen molar-refractivity contribution in [2.45, 2.75) is 0 Å². The lowest BCUT2D eigenvalue weighted by molar-refractivity contribution is 0.972. The van der Waals surface area contributed by atoms with Crippen molar-refractivity contribution in [3.63, 3.8) is 0 Å². The van der Waals surface area contributed by atoms with Gasteiger partial charge in [0.1, 0.15) is 0 Å². The molecule has 10 heterocycles. The van der Waals surface area contributed by atoms with E-state index in [-0.39, 0.29) is 0 Å². The first-order valence-electron chi connectivity index (χ1n) is 50.5. The molecule has 10 aromatic heterocycles. The third-order valence-corrected chi connectivity index (χ3v) is 31.3. The molecule has 0 aliphatic heterocycles. The smallest absolute Gasteiger partial charge is 0.237 e. The van der Waals surface area contributed by atoms with Gasteiger partial charge in [-0.25, -0.2) is 9.97 Å². The van der Waals surface area contributed by atoms with E-state index in [9.17, 15) is 0 Å². The van der Waals surface area contributed by atoms with E-state index < -0.39 is 0 Å². The molecule has 148 heavy (non-hydrogen) atoms. The highest BCUT2D eigenvalue weighted by atomic mass is 15.2. The van der Waals surface area contributed by atoms with E-state index in [1.807, 2.05) is 0 Å². The molecule has 0 fully saturated rings. The van der Waals surface area contributed by atoms with Crippen molar-refractivity contribution in [3.8, 4) is 102 Å². The van der Waals surface area contributed by atoms with Gasteiger partial charge in [-0.3, -0.25) is 18.3 Å². The van der Waals surface area contributed by atoms with Crippen LogP contribution in [-0.2, 0) is 0 Å². The molecule has 0 aliphatic carbocycles. The molecule has 0 saturated heterocycles. The average molecular weight is 1880 g/mol. The molecule has 22 aromatic carbocycles. The molecule has 686 valence electrons. The van der Waals surface area contributed by atoms with Crippen LogP contribution in [0, 0.1) is 0 Å². The van der Waals surface area contributed by atoms with Gasteiger partial charge in [0.15, 0.2) is 11.6 Å². The summed E-state index contributed by atoms with van der Waals surface area (Å²) in [6.07, 6.45) is 0. The summed E-state index contributed by atoms with van der Waals surface area (Å²) in [7, 11) is 0. The zero-order valence-electron chi connectivity index (χ0n) is 79.7. The summed E-state index contributed by atoms with van der Waals surface area (Å²) in [5.41, 5.74) is 34.7. The van der Waals surface area contributed by atoms with Gasteiger partial charge in [-0.15, -0.1) is 0 Å². The lowest BCUT2D eigenvalue weighted by atomic mass is 9.99. The molecule has 0 amide bonds. The number of hydrogen-bond donors (Lipinski definition) is 0. The molecule has 0 N–H and O–H groups in total. The lowest BCUT2D eigenvalue weighted by Crippen LogP contribution is -2.07. The summed E-state index contributed by atoms with van der Waals surface area (Å²) in [5, 5.41) is 20.4. The first-order valence-corrected chi connectivity index (χ1v) is 50.5. The van der Waals surface area contributed by atoms with Gasteiger partial charge < -0.3 is 18.3 Å². The minimum Gasteiger partial charge on any atom is -0.309 e. The number of rotatable bonds is 13. The Hall–Kier alpha value is -20.1. The molecule has 0 spiro atoms. The van der Waals surface area contributed by atoms with E-state index in [2.05, 4.69) is 534 Å². The first kappa shape index (κ1) is 81.6. The fourth-order valence-electron chi connectivity index (χ4n) is 24.6. The number of hydrogen-bond acceptors (Lipinski definition) is 4. The average Bonchev–Trinajstić information content (AvgIpc) is 1.56. The van der Waals surface area contributed by atoms with Gasteiger partial charge >= 0.3 is 0 Å². The fraction of sp³-hybridized carbons (Fsp3) is 0. The highest BCUT2D eigenvalue weighted by Gasteiger charge is 2.29. The van der Waals surface area contributed by atoms with Gasteiger partial charge in [0.2, 0.25) is 11.9 Å². The SMILES string of the molecule is c1ccc(-n2c3ccccc3c3cc(-c4ccc5c(c4)c4ccccc4n5-c4nc(-n5c6ccc(-c7ccc8c(c7)c7ccccc7n8-c7ccccc7)cc6c6ccc(-c7cccc(-n8c9ccccc9c9cc(-c%10ccc%11c%12ccccc%12n(-c%12nc(-n%13c%14ccccc%14c%14ccc(-c%15ccc%16c(c%15)c%15ccccc%15n%16-c%15ccccc%15)cc%14%13)nc%13ccccc%12%13)c%11c%10)ccc98)c7)cc65)c5ccccc5n4)ccc32)cc1. The number of aromatic nitrogens is 12. The molecular formula is C136H82N12. The highest BCUT2D eigenvalue weighted by Crippen LogP contribution is 2.49. The molecule has 12 nitrogen and oxygen atoms in total. The highest BCUT2D eigenvalue weighted by molar-refractivity contribution is 6.20. The summed E-state index contributed by atoms with van der Waals surface area (Å²) in [5.74, 6) is 2.75. The van der Waals surface area contributed by atoms with Crippen molar-refractivity contribution in [1.29, 1.82) is 0 Å². The number of benzene rings is 22. The molecule has 32 rings (SSSR count). The van der Waals surface area contributed by atoms with Crippen LogP contribution >= 0.6 is 0 Å². The molecule has 0 saturated carbocycles. The monoisotopic (exact) mass is 1880 g/mol. The van der Waals surface area contributed by atoms with E-state index in [1.165, 1.54) is 54.4 Å². The van der Waals surface area contributed by atoms with Gasteiger partial charge in [0.05, 0.1) is 99.3 Å². The van der Waals surface area contributed by atoms with Crippen molar-refractivity contribution in [3.05, 3.63) is 497 Å². The van der Waals surface area contributed by atoms with Crippen LogP contribution in [-0.4, -0.2) is 56.5 Å². The minimum atomic E-state index is 0.577. The maximum absolute atomic E-state index is 5.96. The third kappa shape index (κ3) is 12.2. The van der Waals surface area contributed by atoms with Gasteiger partial charge in [0.25, 0.3) is 0 Å². The summed E-state index contributed by atoms with van der Waals surface area (Å²) in [6.45, 7) is 0. The van der Waals surface area contributed by atoms with Crippen molar-refractivity contribution in [2.24, 2.45) is 0 Å². The molecule has 32 aromatic rings. The second kappa shape index (κ2) is 31.7. The van der Waals surface area contributed by atoms with E-state index in [0.717, 1.165) is 232 Å². The van der Waals surface area contributed by atoms with Crippen LogP contribution in [0.3, 0.4) is 0 Å². The van der Waals surface area contributed by atoms with E-state index in [0.29, 0.717) is 11.9 Å². The molecule has 0 atom stereocenters. The topological polar surface area (TPSA) is 91.0 Å². The molecule has 0 bridgehead atoms. The predicted molar refractivity (Wildman–Crippen MR) is 615 cm³/mol.